The largest absolute Gasteiger partial charge is 0.493 e. The molecule has 0 aliphatic carbocycles. The van der Waals surface area contributed by atoms with Crippen LogP contribution in [0.2, 0.25) is 0 Å². The molecule has 1 aliphatic heterocycles. The van der Waals surface area contributed by atoms with Gasteiger partial charge in [0.05, 0.1) is 13.0 Å². The number of nitrogens with zero attached hydrogens (tertiary/aromatic N) is 1. The first kappa shape index (κ1) is 18.8. The van der Waals surface area contributed by atoms with Crippen molar-refractivity contribution in [2.75, 3.05) is 26.7 Å². The summed E-state index contributed by atoms with van der Waals surface area (Å²) in [4.78, 5) is 14.1. The minimum atomic E-state index is 0. The Morgan fingerprint density at radius 2 is 1.82 bits per heavy atom. The van der Waals surface area contributed by atoms with E-state index >= 15 is 0 Å². The van der Waals surface area contributed by atoms with Crippen LogP contribution in [0, 0.1) is 13.8 Å². The third-order valence-electron chi connectivity index (χ3n) is 4.03. The topological polar surface area (TPSA) is 41.6 Å². The Kier molecular flexibility index (Phi) is 7.69. The Labute approximate surface area is 139 Å². The number of halogens is 1. The highest BCUT2D eigenvalue weighted by Gasteiger charge is 2.21. The van der Waals surface area contributed by atoms with Crippen LogP contribution in [0.1, 0.15) is 30.4 Å². The fraction of sp³-hybridized carbons (Fsp3) is 0.588. The van der Waals surface area contributed by atoms with Gasteiger partial charge < -0.3 is 15.0 Å². The zero-order valence-corrected chi connectivity index (χ0v) is 14.5. The molecule has 0 saturated carbocycles. The van der Waals surface area contributed by atoms with E-state index < -0.39 is 0 Å². The summed E-state index contributed by atoms with van der Waals surface area (Å²) in [6.07, 6.45) is 2.52. The summed E-state index contributed by atoms with van der Waals surface area (Å²) in [6, 6.07) is 6.50. The second kappa shape index (κ2) is 9.01. The molecule has 124 valence electrons. The normalized spacial score (nSPS) is 15.0. The summed E-state index contributed by atoms with van der Waals surface area (Å²) < 4.78 is 5.72. The second-order valence-electron chi connectivity index (χ2n) is 5.91. The van der Waals surface area contributed by atoms with Gasteiger partial charge in [0.2, 0.25) is 5.91 Å². The van der Waals surface area contributed by atoms with Crippen molar-refractivity contribution in [3.05, 3.63) is 29.3 Å². The van der Waals surface area contributed by atoms with E-state index in [-0.39, 0.29) is 18.3 Å². The van der Waals surface area contributed by atoms with Gasteiger partial charge in [0.15, 0.2) is 0 Å². The van der Waals surface area contributed by atoms with Gasteiger partial charge >= 0.3 is 0 Å². The average molecular weight is 327 g/mol. The minimum Gasteiger partial charge on any atom is -0.493 e. The fourth-order valence-electron chi connectivity index (χ4n) is 2.85. The van der Waals surface area contributed by atoms with E-state index in [0.717, 1.165) is 31.7 Å². The molecular weight excluding hydrogens is 300 g/mol. The summed E-state index contributed by atoms with van der Waals surface area (Å²) in [5.74, 6) is 1.02. The quantitative estimate of drug-likeness (QED) is 0.904. The molecule has 0 aromatic heterocycles. The molecule has 1 saturated heterocycles. The number of piperidine rings is 1. The zero-order valence-electron chi connectivity index (χ0n) is 13.7. The standard InChI is InChI=1S/C17H26N2O2.ClH/c1-13-10-14(2)12-16(11-13)21-9-6-17(20)19(3)15-4-7-18-8-5-15;/h10-12,15,18H,4-9H2,1-3H3;1H. The number of aryl methyl sites for hydroxylation is 2. The number of hydrogen-bond donors (Lipinski definition) is 1. The van der Waals surface area contributed by atoms with Crippen LogP contribution in [-0.2, 0) is 4.79 Å². The average Bonchev–Trinajstić information content (AvgIpc) is 2.46. The number of amides is 1. The maximum Gasteiger partial charge on any atom is 0.225 e. The molecule has 0 bridgehead atoms. The van der Waals surface area contributed by atoms with Crippen molar-refractivity contribution in [2.24, 2.45) is 0 Å². The molecule has 4 nitrogen and oxygen atoms in total. The predicted molar refractivity (Wildman–Crippen MR) is 91.9 cm³/mol. The first-order valence-electron chi connectivity index (χ1n) is 7.74. The number of hydrogen-bond acceptors (Lipinski definition) is 3. The van der Waals surface area contributed by atoms with E-state index in [9.17, 15) is 4.79 Å². The summed E-state index contributed by atoms with van der Waals surface area (Å²) >= 11 is 0. The van der Waals surface area contributed by atoms with Crippen LogP contribution in [0.5, 0.6) is 5.75 Å². The highest BCUT2D eigenvalue weighted by atomic mass is 35.5. The monoisotopic (exact) mass is 326 g/mol. The lowest BCUT2D eigenvalue weighted by molar-refractivity contribution is -0.132. The molecule has 1 amide bonds. The van der Waals surface area contributed by atoms with Crippen molar-refractivity contribution < 1.29 is 9.53 Å². The summed E-state index contributed by atoms with van der Waals surface area (Å²) in [6.45, 7) is 6.55. The van der Waals surface area contributed by atoms with Crippen molar-refractivity contribution in [3.63, 3.8) is 0 Å². The van der Waals surface area contributed by atoms with Gasteiger partial charge in [-0.25, -0.2) is 0 Å². The van der Waals surface area contributed by atoms with E-state index in [4.69, 9.17) is 4.74 Å². The Morgan fingerprint density at radius 3 is 2.41 bits per heavy atom. The first-order chi connectivity index (χ1) is 10.1. The maximum absolute atomic E-state index is 12.2. The van der Waals surface area contributed by atoms with Crippen LogP contribution in [0.3, 0.4) is 0 Å². The van der Waals surface area contributed by atoms with Crippen LogP contribution < -0.4 is 10.1 Å². The third-order valence-corrected chi connectivity index (χ3v) is 4.03. The number of ether oxygens (including phenoxy) is 1. The lowest BCUT2D eigenvalue weighted by atomic mass is 10.1. The van der Waals surface area contributed by atoms with Crippen LogP contribution in [0.15, 0.2) is 18.2 Å². The van der Waals surface area contributed by atoms with E-state index in [1.807, 2.05) is 24.1 Å². The predicted octanol–water partition coefficient (Wildman–Crippen LogP) is 2.70. The van der Waals surface area contributed by atoms with Gasteiger partial charge in [-0.3, -0.25) is 4.79 Å². The Hall–Kier alpha value is -1.26. The molecule has 1 fully saturated rings. The Balaban J connectivity index is 0.00000242. The van der Waals surface area contributed by atoms with Gasteiger partial charge in [0.25, 0.3) is 0 Å². The van der Waals surface area contributed by atoms with Crippen molar-refractivity contribution in [1.29, 1.82) is 0 Å². The smallest absolute Gasteiger partial charge is 0.225 e. The maximum atomic E-state index is 12.2. The van der Waals surface area contributed by atoms with Crippen molar-refractivity contribution in [3.8, 4) is 5.75 Å². The molecule has 1 aliphatic rings. The number of carbonyl (C=O) groups is 1. The SMILES string of the molecule is Cc1cc(C)cc(OCCC(=O)N(C)C2CCNCC2)c1.Cl. The van der Waals surface area contributed by atoms with Gasteiger partial charge in [-0.1, -0.05) is 6.07 Å². The molecule has 0 atom stereocenters. The molecule has 5 heteroatoms. The van der Waals surface area contributed by atoms with Gasteiger partial charge in [-0.05, 0) is 63.0 Å². The summed E-state index contributed by atoms with van der Waals surface area (Å²) in [5, 5.41) is 3.32. The number of carbonyl (C=O) groups excluding carboxylic acids is 1. The van der Waals surface area contributed by atoms with Crippen molar-refractivity contribution in [1.82, 2.24) is 10.2 Å². The second-order valence-corrected chi connectivity index (χ2v) is 5.91. The van der Waals surface area contributed by atoms with E-state index in [2.05, 4.69) is 25.2 Å². The van der Waals surface area contributed by atoms with Crippen LogP contribution in [-0.4, -0.2) is 43.6 Å². The summed E-state index contributed by atoms with van der Waals surface area (Å²) in [7, 11) is 1.91. The molecular formula is C17H27ClN2O2. The van der Waals surface area contributed by atoms with E-state index in [0.29, 0.717) is 19.1 Å². The lowest BCUT2D eigenvalue weighted by Crippen LogP contribution is -2.44. The molecule has 22 heavy (non-hydrogen) atoms. The van der Waals surface area contributed by atoms with Gasteiger partial charge in [0.1, 0.15) is 5.75 Å². The van der Waals surface area contributed by atoms with E-state index in [1.165, 1.54) is 11.1 Å². The molecule has 0 spiro atoms. The zero-order chi connectivity index (χ0) is 15.2. The molecule has 1 aromatic carbocycles. The molecule has 1 N–H and O–H groups in total. The summed E-state index contributed by atoms with van der Waals surface area (Å²) in [5.41, 5.74) is 2.37. The molecule has 0 unspecified atom stereocenters. The van der Waals surface area contributed by atoms with Crippen LogP contribution >= 0.6 is 12.4 Å². The number of benzene rings is 1. The first-order valence-corrected chi connectivity index (χ1v) is 7.74. The van der Waals surface area contributed by atoms with Gasteiger partial charge in [-0.2, -0.15) is 0 Å². The van der Waals surface area contributed by atoms with Crippen molar-refractivity contribution >= 4 is 18.3 Å². The van der Waals surface area contributed by atoms with Crippen LogP contribution in [0.25, 0.3) is 0 Å². The Morgan fingerprint density at radius 1 is 1.23 bits per heavy atom. The fourth-order valence-corrected chi connectivity index (χ4v) is 2.85. The van der Waals surface area contributed by atoms with Gasteiger partial charge in [0, 0.05) is 13.1 Å². The highest BCUT2D eigenvalue weighted by Crippen LogP contribution is 2.17. The molecule has 1 heterocycles. The van der Waals surface area contributed by atoms with Crippen molar-refractivity contribution in [2.45, 2.75) is 39.2 Å². The minimum absolute atomic E-state index is 0. The third kappa shape index (κ3) is 5.50. The molecule has 0 radical (unpaired) electrons. The number of rotatable bonds is 5. The van der Waals surface area contributed by atoms with Gasteiger partial charge in [-0.15, -0.1) is 12.4 Å². The molecule has 1 aromatic rings. The Bertz CT molecular complexity index is 467. The lowest BCUT2D eigenvalue weighted by Gasteiger charge is -2.31. The molecule has 2 rings (SSSR count). The number of nitrogens with one attached hydrogen (secondary N) is 1. The highest BCUT2D eigenvalue weighted by molar-refractivity contribution is 5.85. The van der Waals surface area contributed by atoms with Crippen LogP contribution in [0.4, 0.5) is 0 Å². The van der Waals surface area contributed by atoms with E-state index in [1.54, 1.807) is 0 Å².